The van der Waals surface area contributed by atoms with E-state index in [-0.39, 0.29) is 18.4 Å². The molecular formula is C29H29N3O3. The summed E-state index contributed by atoms with van der Waals surface area (Å²) in [6, 6.07) is 23.1. The number of fused-ring (bicyclic) bond motifs is 2. The average molecular weight is 468 g/mol. The smallest absolute Gasteiger partial charge is 0.255 e. The Morgan fingerprint density at radius 2 is 1.77 bits per heavy atom. The molecule has 1 aliphatic heterocycles. The van der Waals surface area contributed by atoms with Gasteiger partial charge in [-0.3, -0.25) is 9.59 Å². The van der Waals surface area contributed by atoms with Gasteiger partial charge >= 0.3 is 0 Å². The summed E-state index contributed by atoms with van der Waals surface area (Å²) in [4.78, 5) is 31.9. The van der Waals surface area contributed by atoms with Gasteiger partial charge < -0.3 is 19.9 Å². The molecule has 0 fully saturated rings. The van der Waals surface area contributed by atoms with Crippen molar-refractivity contribution in [2.75, 3.05) is 13.7 Å². The lowest BCUT2D eigenvalue weighted by atomic mass is 9.93. The number of carbonyl (C=O) groups is 2. The molecule has 6 heteroatoms. The number of H-pyrrole nitrogens is 1. The number of benzene rings is 3. The first kappa shape index (κ1) is 22.7. The molecule has 3 aromatic carbocycles. The Hall–Kier alpha value is -4.06. The van der Waals surface area contributed by atoms with Crippen LogP contribution in [0.25, 0.3) is 22.2 Å². The minimum Gasteiger partial charge on any atom is -0.497 e. The number of rotatable bonds is 5. The van der Waals surface area contributed by atoms with Crippen molar-refractivity contribution in [3.8, 4) is 17.0 Å². The largest absolute Gasteiger partial charge is 0.497 e. The Morgan fingerprint density at radius 1 is 1.03 bits per heavy atom. The summed E-state index contributed by atoms with van der Waals surface area (Å²) < 4.78 is 5.48. The van der Waals surface area contributed by atoms with Gasteiger partial charge in [0.15, 0.2) is 0 Å². The van der Waals surface area contributed by atoms with E-state index in [0.29, 0.717) is 5.56 Å². The fourth-order valence-electron chi connectivity index (χ4n) is 4.91. The van der Waals surface area contributed by atoms with Crippen LogP contribution in [-0.2, 0) is 4.79 Å². The first-order valence-corrected chi connectivity index (χ1v) is 11.7. The topological polar surface area (TPSA) is 74.4 Å². The van der Waals surface area contributed by atoms with Crippen LogP contribution in [0, 0.1) is 0 Å². The van der Waals surface area contributed by atoms with Crippen LogP contribution in [0.2, 0.25) is 0 Å². The Morgan fingerprint density at radius 3 is 2.54 bits per heavy atom. The van der Waals surface area contributed by atoms with Crippen molar-refractivity contribution >= 4 is 22.7 Å². The Balaban J connectivity index is 1.71. The highest BCUT2D eigenvalue weighted by Crippen LogP contribution is 2.45. The van der Waals surface area contributed by atoms with E-state index >= 15 is 0 Å². The number of nitrogens with zero attached hydrogens (tertiary/aromatic N) is 1. The molecule has 1 aromatic heterocycles. The van der Waals surface area contributed by atoms with Gasteiger partial charge in [-0.25, -0.2) is 0 Å². The molecule has 35 heavy (non-hydrogen) atoms. The van der Waals surface area contributed by atoms with Crippen molar-refractivity contribution in [1.82, 2.24) is 15.2 Å². The molecule has 178 valence electrons. The molecule has 2 amide bonds. The van der Waals surface area contributed by atoms with E-state index in [1.165, 1.54) is 0 Å². The molecule has 0 saturated heterocycles. The third-order valence-electron chi connectivity index (χ3n) is 6.26. The fraction of sp³-hybridized carbons (Fsp3) is 0.241. The summed E-state index contributed by atoms with van der Waals surface area (Å²) in [5.41, 5.74) is 4.92. The number of amides is 2. The highest BCUT2D eigenvalue weighted by Gasteiger charge is 2.41. The van der Waals surface area contributed by atoms with E-state index in [2.05, 4.69) is 16.4 Å². The molecular weight excluding hydrogens is 438 g/mol. The highest BCUT2D eigenvalue weighted by atomic mass is 16.5. The van der Waals surface area contributed by atoms with Gasteiger partial charge in [0.25, 0.3) is 5.91 Å². The molecule has 1 aliphatic rings. The third-order valence-corrected chi connectivity index (χ3v) is 6.26. The van der Waals surface area contributed by atoms with Gasteiger partial charge in [-0.05, 0) is 50.6 Å². The minimum atomic E-state index is -0.415. The second-order valence-corrected chi connectivity index (χ2v) is 9.91. The predicted octanol–water partition coefficient (Wildman–Crippen LogP) is 5.30. The quantitative estimate of drug-likeness (QED) is 0.418. The molecule has 0 aliphatic carbocycles. The minimum absolute atomic E-state index is 0.0352. The molecule has 2 N–H and O–H groups in total. The van der Waals surface area contributed by atoms with E-state index in [0.717, 1.165) is 39.0 Å². The van der Waals surface area contributed by atoms with E-state index in [4.69, 9.17) is 4.74 Å². The molecule has 0 bridgehead atoms. The highest BCUT2D eigenvalue weighted by molar-refractivity contribution is 6.03. The van der Waals surface area contributed by atoms with Crippen LogP contribution in [0.15, 0.2) is 72.8 Å². The number of carbonyl (C=O) groups excluding carboxylic acids is 2. The molecule has 2 heterocycles. The maximum atomic E-state index is 13.6. The SMILES string of the molecule is COc1cccc(-c2[nH]c3ccccc3c2[C@H]2c3ccccc3C(=O)N2CC(=O)NC(C)(C)C)c1. The van der Waals surface area contributed by atoms with Gasteiger partial charge in [-0.2, -0.15) is 0 Å². The van der Waals surface area contributed by atoms with Crippen LogP contribution in [0.3, 0.4) is 0 Å². The van der Waals surface area contributed by atoms with E-state index < -0.39 is 11.6 Å². The summed E-state index contributed by atoms with van der Waals surface area (Å²) in [5.74, 6) is 0.416. The number of nitrogens with one attached hydrogen (secondary N) is 2. The molecule has 0 radical (unpaired) electrons. The maximum absolute atomic E-state index is 13.6. The molecule has 5 rings (SSSR count). The maximum Gasteiger partial charge on any atom is 0.255 e. The van der Waals surface area contributed by atoms with Crippen molar-refractivity contribution in [3.63, 3.8) is 0 Å². The standard InChI is InChI=1S/C29H29N3O3/c1-29(2,3)31-24(33)17-32-27(20-12-5-6-13-21(20)28(32)34)25-22-14-7-8-15-23(22)30-26(25)18-10-9-11-19(16-18)35-4/h5-16,27,30H,17H2,1-4H3,(H,31,33)/t27-/m1/s1. The lowest BCUT2D eigenvalue weighted by Crippen LogP contribution is -2.46. The summed E-state index contributed by atoms with van der Waals surface area (Å²) in [5, 5.41) is 4.02. The van der Waals surface area contributed by atoms with E-state index in [1.54, 1.807) is 12.0 Å². The number of aromatic amines is 1. The summed E-state index contributed by atoms with van der Waals surface area (Å²) in [6.45, 7) is 5.77. The van der Waals surface area contributed by atoms with Crippen LogP contribution in [0.4, 0.5) is 0 Å². The average Bonchev–Trinajstić information content (AvgIpc) is 3.33. The lowest BCUT2D eigenvalue weighted by Gasteiger charge is -2.28. The van der Waals surface area contributed by atoms with Crippen molar-refractivity contribution in [2.45, 2.75) is 32.4 Å². The first-order valence-electron chi connectivity index (χ1n) is 11.7. The van der Waals surface area contributed by atoms with Gasteiger partial charge in [-0.1, -0.05) is 48.5 Å². The van der Waals surface area contributed by atoms with Crippen LogP contribution in [-0.4, -0.2) is 40.9 Å². The zero-order valence-electron chi connectivity index (χ0n) is 20.4. The number of hydrogen-bond donors (Lipinski definition) is 2. The molecule has 1 atom stereocenters. The van der Waals surface area contributed by atoms with Crippen molar-refractivity contribution in [2.24, 2.45) is 0 Å². The van der Waals surface area contributed by atoms with Gasteiger partial charge in [0, 0.05) is 33.1 Å². The second kappa shape index (κ2) is 8.62. The summed E-state index contributed by atoms with van der Waals surface area (Å²) in [6.07, 6.45) is 0. The number of aromatic nitrogens is 1. The van der Waals surface area contributed by atoms with Gasteiger partial charge in [0.1, 0.15) is 12.3 Å². The Labute approximate surface area is 204 Å². The van der Waals surface area contributed by atoms with E-state index in [9.17, 15) is 9.59 Å². The number of methoxy groups -OCH3 is 1. The van der Waals surface area contributed by atoms with Crippen molar-refractivity contribution in [1.29, 1.82) is 0 Å². The predicted molar refractivity (Wildman–Crippen MR) is 138 cm³/mol. The van der Waals surface area contributed by atoms with Crippen molar-refractivity contribution in [3.05, 3.63) is 89.5 Å². The normalized spacial score (nSPS) is 15.4. The Bertz CT molecular complexity index is 1430. The van der Waals surface area contributed by atoms with Gasteiger partial charge in [-0.15, -0.1) is 0 Å². The fourth-order valence-corrected chi connectivity index (χ4v) is 4.91. The first-order chi connectivity index (χ1) is 16.8. The van der Waals surface area contributed by atoms with Gasteiger partial charge in [0.2, 0.25) is 5.91 Å². The van der Waals surface area contributed by atoms with Crippen LogP contribution in [0.5, 0.6) is 5.75 Å². The van der Waals surface area contributed by atoms with E-state index in [1.807, 2.05) is 87.5 Å². The third kappa shape index (κ3) is 4.16. The summed E-state index contributed by atoms with van der Waals surface area (Å²) in [7, 11) is 1.65. The molecule has 0 saturated carbocycles. The molecule has 0 spiro atoms. The number of para-hydroxylation sites is 1. The van der Waals surface area contributed by atoms with Crippen molar-refractivity contribution < 1.29 is 14.3 Å². The zero-order valence-corrected chi connectivity index (χ0v) is 20.4. The second-order valence-electron chi connectivity index (χ2n) is 9.91. The molecule has 0 unspecified atom stereocenters. The van der Waals surface area contributed by atoms with Crippen LogP contribution in [0.1, 0.15) is 48.3 Å². The van der Waals surface area contributed by atoms with Crippen LogP contribution >= 0.6 is 0 Å². The number of hydrogen-bond acceptors (Lipinski definition) is 3. The van der Waals surface area contributed by atoms with Crippen LogP contribution < -0.4 is 10.1 Å². The zero-order chi connectivity index (χ0) is 24.7. The molecule has 6 nitrogen and oxygen atoms in total. The summed E-state index contributed by atoms with van der Waals surface area (Å²) >= 11 is 0. The Kier molecular flexibility index (Phi) is 5.59. The number of ether oxygens (including phenoxy) is 1. The molecule has 4 aromatic rings. The monoisotopic (exact) mass is 467 g/mol. The lowest BCUT2D eigenvalue weighted by molar-refractivity contribution is -0.123. The van der Waals surface area contributed by atoms with Gasteiger partial charge in [0.05, 0.1) is 18.8 Å².